The van der Waals surface area contributed by atoms with E-state index in [4.69, 9.17) is 0 Å². The third kappa shape index (κ3) is 3.42. The monoisotopic (exact) mass is 403 g/mol. The number of thiophene rings is 1. The van der Waals surface area contributed by atoms with Crippen molar-refractivity contribution >= 4 is 39.1 Å². The SMILES string of the molecule is Cn1cc(Br)cc1C(=O)NNC(=O)c1sccc1-c1ccccc1. The van der Waals surface area contributed by atoms with Gasteiger partial charge in [0.15, 0.2) is 0 Å². The first-order chi connectivity index (χ1) is 11.6. The first-order valence-corrected chi connectivity index (χ1v) is 8.79. The van der Waals surface area contributed by atoms with Crippen LogP contribution in [0.25, 0.3) is 11.1 Å². The quantitative estimate of drug-likeness (QED) is 0.656. The van der Waals surface area contributed by atoms with Gasteiger partial charge in [0, 0.05) is 23.3 Å². The van der Waals surface area contributed by atoms with Gasteiger partial charge in [-0.05, 0) is 39.0 Å². The summed E-state index contributed by atoms with van der Waals surface area (Å²) in [7, 11) is 1.76. The highest BCUT2D eigenvalue weighted by atomic mass is 79.9. The maximum atomic E-state index is 12.4. The molecule has 7 heteroatoms. The van der Waals surface area contributed by atoms with Crippen molar-refractivity contribution in [1.82, 2.24) is 15.4 Å². The normalized spacial score (nSPS) is 10.4. The van der Waals surface area contributed by atoms with Gasteiger partial charge in [-0.2, -0.15) is 0 Å². The second-order valence-corrected chi connectivity index (χ2v) is 6.92. The zero-order valence-corrected chi connectivity index (χ0v) is 15.1. The second-order valence-electron chi connectivity index (χ2n) is 5.09. The minimum absolute atomic E-state index is 0.342. The van der Waals surface area contributed by atoms with Crippen LogP contribution < -0.4 is 10.9 Å². The lowest BCUT2D eigenvalue weighted by Crippen LogP contribution is -2.42. The van der Waals surface area contributed by atoms with Crippen LogP contribution in [0.5, 0.6) is 0 Å². The molecule has 2 N–H and O–H groups in total. The molecule has 0 saturated heterocycles. The van der Waals surface area contributed by atoms with Gasteiger partial charge in [-0.25, -0.2) is 0 Å². The number of rotatable bonds is 3. The van der Waals surface area contributed by atoms with E-state index in [1.165, 1.54) is 11.3 Å². The highest BCUT2D eigenvalue weighted by molar-refractivity contribution is 9.10. The van der Waals surface area contributed by atoms with Crippen molar-refractivity contribution < 1.29 is 9.59 Å². The molecule has 0 atom stereocenters. The van der Waals surface area contributed by atoms with Gasteiger partial charge in [-0.3, -0.25) is 20.4 Å². The number of carbonyl (C=O) groups is 2. The van der Waals surface area contributed by atoms with E-state index in [1.807, 2.05) is 41.8 Å². The van der Waals surface area contributed by atoms with Crippen molar-refractivity contribution in [3.05, 3.63) is 69.1 Å². The standard InChI is InChI=1S/C17H14BrN3O2S/c1-21-10-12(18)9-14(21)16(22)19-20-17(23)15-13(7-8-24-15)11-5-3-2-4-6-11/h2-10H,1H3,(H,19,22)(H,20,23). The number of aryl methyl sites for hydroxylation is 1. The Kier molecular flexibility index (Phi) is 4.82. The highest BCUT2D eigenvalue weighted by Gasteiger charge is 2.16. The lowest BCUT2D eigenvalue weighted by Gasteiger charge is -2.08. The van der Waals surface area contributed by atoms with E-state index in [0.717, 1.165) is 15.6 Å². The average molecular weight is 404 g/mol. The average Bonchev–Trinajstić information content (AvgIpc) is 3.19. The molecule has 2 amide bonds. The maximum Gasteiger partial charge on any atom is 0.286 e. The third-order valence-corrected chi connectivity index (χ3v) is 4.80. The van der Waals surface area contributed by atoms with Crippen molar-refractivity contribution in [3.63, 3.8) is 0 Å². The lowest BCUT2D eigenvalue weighted by molar-refractivity contribution is 0.0844. The minimum atomic E-state index is -0.380. The van der Waals surface area contributed by atoms with Gasteiger partial charge in [0.1, 0.15) is 10.6 Å². The van der Waals surface area contributed by atoms with Gasteiger partial charge in [-0.1, -0.05) is 30.3 Å². The Balaban J connectivity index is 1.72. The van der Waals surface area contributed by atoms with Crippen molar-refractivity contribution in [2.24, 2.45) is 7.05 Å². The summed E-state index contributed by atoms with van der Waals surface area (Å²) in [6.45, 7) is 0. The Hall–Kier alpha value is -2.38. The summed E-state index contributed by atoms with van der Waals surface area (Å²) in [5, 5.41) is 1.85. The van der Waals surface area contributed by atoms with Gasteiger partial charge >= 0.3 is 0 Å². The zero-order valence-electron chi connectivity index (χ0n) is 12.7. The summed E-state index contributed by atoms with van der Waals surface area (Å²) in [5.74, 6) is -0.722. The van der Waals surface area contributed by atoms with E-state index < -0.39 is 0 Å². The molecule has 0 aliphatic heterocycles. The van der Waals surface area contributed by atoms with Gasteiger partial charge in [0.2, 0.25) is 0 Å². The van der Waals surface area contributed by atoms with Gasteiger partial charge in [0.25, 0.3) is 11.8 Å². The Labute approximate surface area is 151 Å². The van der Waals surface area contributed by atoms with Crippen LogP contribution in [0.15, 0.2) is 58.5 Å². The Morgan fingerprint density at radius 2 is 1.79 bits per heavy atom. The molecule has 0 radical (unpaired) electrons. The number of hydrogen-bond acceptors (Lipinski definition) is 3. The Morgan fingerprint density at radius 1 is 1.08 bits per heavy atom. The van der Waals surface area contributed by atoms with E-state index in [-0.39, 0.29) is 11.8 Å². The van der Waals surface area contributed by atoms with Crippen molar-refractivity contribution in [2.75, 3.05) is 0 Å². The van der Waals surface area contributed by atoms with E-state index >= 15 is 0 Å². The lowest BCUT2D eigenvalue weighted by atomic mass is 10.1. The fourth-order valence-corrected chi connectivity index (χ4v) is 3.65. The van der Waals surface area contributed by atoms with Gasteiger partial charge < -0.3 is 4.57 Å². The van der Waals surface area contributed by atoms with E-state index in [0.29, 0.717) is 10.6 Å². The molecule has 0 fully saturated rings. The first-order valence-electron chi connectivity index (χ1n) is 7.11. The van der Waals surface area contributed by atoms with Crippen molar-refractivity contribution in [3.8, 4) is 11.1 Å². The number of aromatic nitrogens is 1. The van der Waals surface area contributed by atoms with Crippen LogP contribution in [-0.2, 0) is 7.05 Å². The minimum Gasteiger partial charge on any atom is -0.345 e. The molecule has 0 saturated carbocycles. The molecule has 122 valence electrons. The Bertz CT molecular complexity index is 886. The molecule has 0 aliphatic rings. The molecule has 3 aromatic rings. The molecule has 5 nitrogen and oxygen atoms in total. The summed E-state index contributed by atoms with van der Waals surface area (Å²) in [4.78, 5) is 25.1. The topological polar surface area (TPSA) is 63.1 Å². The molecule has 2 aromatic heterocycles. The number of benzene rings is 1. The van der Waals surface area contributed by atoms with E-state index in [1.54, 1.807) is 23.9 Å². The largest absolute Gasteiger partial charge is 0.345 e. The van der Waals surface area contributed by atoms with Crippen LogP contribution in [0.1, 0.15) is 20.2 Å². The van der Waals surface area contributed by atoms with Crippen LogP contribution in [-0.4, -0.2) is 16.4 Å². The highest BCUT2D eigenvalue weighted by Crippen LogP contribution is 2.27. The molecule has 2 heterocycles. The van der Waals surface area contributed by atoms with Crippen molar-refractivity contribution in [1.29, 1.82) is 0 Å². The molecular formula is C17H14BrN3O2S. The van der Waals surface area contributed by atoms with Gasteiger partial charge in [0.05, 0.1) is 0 Å². The van der Waals surface area contributed by atoms with Crippen LogP contribution in [0.2, 0.25) is 0 Å². The molecule has 3 rings (SSSR count). The van der Waals surface area contributed by atoms with E-state index in [9.17, 15) is 9.59 Å². The van der Waals surface area contributed by atoms with Crippen LogP contribution in [0.4, 0.5) is 0 Å². The molecule has 24 heavy (non-hydrogen) atoms. The molecule has 0 spiro atoms. The fourth-order valence-electron chi connectivity index (χ4n) is 2.31. The number of nitrogens with one attached hydrogen (secondary N) is 2. The number of hydrogen-bond donors (Lipinski definition) is 2. The molecular weight excluding hydrogens is 390 g/mol. The zero-order chi connectivity index (χ0) is 17.1. The van der Waals surface area contributed by atoms with E-state index in [2.05, 4.69) is 26.8 Å². The number of nitrogens with zero attached hydrogens (tertiary/aromatic N) is 1. The Morgan fingerprint density at radius 3 is 2.46 bits per heavy atom. The summed E-state index contributed by atoms with van der Waals surface area (Å²) >= 11 is 4.64. The predicted molar refractivity (Wildman–Crippen MR) is 97.8 cm³/mol. The number of amides is 2. The first kappa shape index (κ1) is 16.5. The summed E-state index contributed by atoms with van der Waals surface area (Å²) in [6, 6.07) is 13.2. The predicted octanol–water partition coefficient (Wildman–Crippen LogP) is 3.59. The van der Waals surface area contributed by atoms with Crippen molar-refractivity contribution in [2.45, 2.75) is 0 Å². The smallest absolute Gasteiger partial charge is 0.286 e. The second kappa shape index (κ2) is 7.02. The molecule has 0 aliphatic carbocycles. The summed E-state index contributed by atoms with van der Waals surface area (Å²) in [6.07, 6.45) is 1.77. The van der Waals surface area contributed by atoms with Crippen LogP contribution >= 0.6 is 27.3 Å². The van der Waals surface area contributed by atoms with Crippen LogP contribution in [0.3, 0.4) is 0 Å². The number of hydrazine groups is 1. The maximum absolute atomic E-state index is 12.4. The summed E-state index contributed by atoms with van der Waals surface area (Å²) < 4.78 is 2.47. The molecule has 0 unspecified atom stereocenters. The number of carbonyl (C=O) groups excluding carboxylic acids is 2. The third-order valence-electron chi connectivity index (χ3n) is 3.45. The molecule has 1 aromatic carbocycles. The van der Waals surface area contributed by atoms with Gasteiger partial charge in [-0.15, -0.1) is 11.3 Å². The summed E-state index contributed by atoms with van der Waals surface area (Å²) in [5.41, 5.74) is 7.16. The fraction of sp³-hybridized carbons (Fsp3) is 0.0588. The molecule has 0 bridgehead atoms. The number of halogens is 1. The van der Waals surface area contributed by atoms with Crippen LogP contribution in [0, 0.1) is 0 Å².